The van der Waals surface area contributed by atoms with Crippen LogP contribution in [-0.4, -0.2) is 48.2 Å². The van der Waals surface area contributed by atoms with Crippen molar-refractivity contribution in [1.29, 1.82) is 0 Å². The van der Waals surface area contributed by atoms with Crippen molar-refractivity contribution in [3.05, 3.63) is 0 Å². The summed E-state index contributed by atoms with van der Waals surface area (Å²) in [5, 5.41) is 12.6. The predicted molar refractivity (Wildman–Crippen MR) is 64.4 cm³/mol. The number of aliphatic hydroxyl groups is 1. The second-order valence-electron chi connectivity index (χ2n) is 4.06. The van der Waals surface area contributed by atoms with Gasteiger partial charge in [-0.25, -0.2) is 0 Å². The van der Waals surface area contributed by atoms with E-state index in [0.29, 0.717) is 18.8 Å². The molecule has 0 aromatic rings. The second-order valence-corrected chi connectivity index (χ2v) is 4.42. The number of rotatable bonds is 5. The zero-order valence-corrected chi connectivity index (χ0v) is 10.3. The molecule has 0 aromatic heterocycles. The summed E-state index contributed by atoms with van der Waals surface area (Å²) in [6.07, 6.45) is -0.732. The fourth-order valence-corrected chi connectivity index (χ4v) is 2.25. The lowest BCUT2D eigenvalue weighted by atomic mass is 9.93. The molecule has 1 rings (SSSR count). The van der Waals surface area contributed by atoms with E-state index in [1.54, 1.807) is 0 Å². The number of aliphatic hydroxyl groups excluding tert-OH is 1. The predicted octanol–water partition coefficient (Wildman–Crippen LogP) is -0.854. The van der Waals surface area contributed by atoms with Crippen LogP contribution >= 0.6 is 12.6 Å². The van der Waals surface area contributed by atoms with Gasteiger partial charge in [-0.3, -0.25) is 4.79 Å². The number of nitrogens with one attached hydrogen (secondary N) is 1. The minimum Gasteiger partial charge on any atom is -0.390 e. The van der Waals surface area contributed by atoms with Crippen molar-refractivity contribution in [3.8, 4) is 0 Å². The summed E-state index contributed by atoms with van der Waals surface area (Å²) in [6.45, 7) is 2.75. The molecule has 1 heterocycles. The van der Waals surface area contributed by atoms with E-state index in [1.807, 2.05) is 6.92 Å². The van der Waals surface area contributed by atoms with Gasteiger partial charge in [0, 0.05) is 31.2 Å². The van der Waals surface area contributed by atoms with Crippen LogP contribution in [0.2, 0.25) is 0 Å². The van der Waals surface area contributed by atoms with Crippen LogP contribution in [0.25, 0.3) is 0 Å². The third-order valence-electron chi connectivity index (χ3n) is 2.88. The van der Waals surface area contributed by atoms with E-state index >= 15 is 0 Å². The van der Waals surface area contributed by atoms with Crippen LogP contribution in [0, 0.1) is 5.92 Å². The smallest absolute Gasteiger partial charge is 0.220 e. The molecular weight excluding hydrogens is 228 g/mol. The summed E-state index contributed by atoms with van der Waals surface area (Å²) in [4.78, 5) is 11.5. The van der Waals surface area contributed by atoms with Crippen LogP contribution < -0.4 is 11.1 Å². The first kappa shape index (κ1) is 13.8. The fourth-order valence-electron chi connectivity index (χ4n) is 1.95. The van der Waals surface area contributed by atoms with Crippen LogP contribution in [-0.2, 0) is 9.53 Å². The number of thiol groups is 1. The number of carbonyl (C=O) groups excluding carboxylic acids is 1. The highest BCUT2D eigenvalue weighted by molar-refractivity contribution is 7.80. The van der Waals surface area contributed by atoms with E-state index in [4.69, 9.17) is 10.5 Å². The Morgan fingerprint density at radius 2 is 2.31 bits per heavy atom. The minimum atomic E-state index is -0.615. The molecule has 5 nitrogen and oxygen atoms in total. The molecule has 4 atom stereocenters. The number of hydrogen-bond acceptors (Lipinski definition) is 5. The number of hydrogen-bond donors (Lipinski definition) is 4. The maximum Gasteiger partial charge on any atom is 0.220 e. The van der Waals surface area contributed by atoms with E-state index in [0.717, 1.165) is 0 Å². The van der Waals surface area contributed by atoms with Crippen LogP contribution in [0.3, 0.4) is 0 Å². The first-order valence-corrected chi connectivity index (χ1v) is 6.14. The van der Waals surface area contributed by atoms with Crippen LogP contribution in [0.15, 0.2) is 0 Å². The Bertz CT molecular complexity index is 240. The van der Waals surface area contributed by atoms with Gasteiger partial charge in [0.05, 0.1) is 18.3 Å². The van der Waals surface area contributed by atoms with E-state index < -0.39 is 6.10 Å². The van der Waals surface area contributed by atoms with Crippen molar-refractivity contribution in [1.82, 2.24) is 5.32 Å². The van der Waals surface area contributed by atoms with E-state index in [1.165, 1.54) is 0 Å². The molecule has 0 bridgehead atoms. The highest BCUT2D eigenvalue weighted by Gasteiger charge is 2.41. The zero-order valence-electron chi connectivity index (χ0n) is 9.43. The number of amides is 1. The Hall–Kier alpha value is -0.300. The average Bonchev–Trinajstić information content (AvgIpc) is 2.53. The van der Waals surface area contributed by atoms with Crippen LogP contribution in [0.1, 0.15) is 13.3 Å². The zero-order chi connectivity index (χ0) is 12.1. The standard InChI is InChI=1S/C10H20N2O3S/c1-6-7(4-9(13)12-3-2-11)10(14)8(5-16)15-6/h6-8,10,14,16H,2-5,11H2,1H3,(H,12,13)/t6-,7?,8+,10+/m0/s1. The molecule has 0 aromatic carbocycles. The average molecular weight is 248 g/mol. The van der Waals surface area contributed by atoms with Gasteiger partial charge in [-0.1, -0.05) is 0 Å². The van der Waals surface area contributed by atoms with Gasteiger partial charge in [0.25, 0.3) is 0 Å². The van der Waals surface area contributed by atoms with Gasteiger partial charge in [0.1, 0.15) is 0 Å². The van der Waals surface area contributed by atoms with Crippen molar-refractivity contribution >= 4 is 18.5 Å². The maximum absolute atomic E-state index is 11.5. The fraction of sp³-hybridized carbons (Fsp3) is 0.900. The molecule has 16 heavy (non-hydrogen) atoms. The van der Waals surface area contributed by atoms with Gasteiger partial charge < -0.3 is 20.9 Å². The number of carbonyl (C=O) groups is 1. The first-order valence-electron chi connectivity index (χ1n) is 5.51. The Kier molecular flexibility index (Phi) is 5.54. The van der Waals surface area contributed by atoms with Crippen molar-refractivity contribution in [2.24, 2.45) is 11.7 Å². The van der Waals surface area contributed by atoms with Crippen molar-refractivity contribution in [2.75, 3.05) is 18.8 Å². The SMILES string of the molecule is C[C@@H]1O[C@H](CS)[C@H](O)C1CC(=O)NCCN. The van der Waals surface area contributed by atoms with Gasteiger partial charge in [-0.05, 0) is 6.92 Å². The monoisotopic (exact) mass is 248 g/mol. The lowest BCUT2D eigenvalue weighted by Crippen LogP contribution is -2.35. The summed E-state index contributed by atoms with van der Waals surface area (Å²) >= 11 is 4.10. The maximum atomic E-state index is 11.5. The Morgan fingerprint density at radius 1 is 1.62 bits per heavy atom. The first-order chi connectivity index (χ1) is 7.60. The van der Waals surface area contributed by atoms with Crippen molar-refractivity contribution < 1.29 is 14.6 Å². The van der Waals surface area contributed by atoms with Gasteiger partial charge in [-0.15, -0.1) is 0 Å². The van der Waals surface area contributed by atoms with Crippen molar-refractivity contribution in [2.45, 2.75) is 31.7 Å². The summed E-state index contributed by atoms with van der Waals surface area (Å²) in [5.41, 5.74) is 5.28. The highest BCUT2D eigenvalue weighted by Crippen LogP contribution is 2.29. The molecule has 6 heteroatoms. The van der Waals surface area contributed by atoms with Gasteiger partial charge in [0.15, 0.2) is 0 Å². The summed E-state index contributed by atoms with van der Waals surface area (Å²) in [6, 6.07) is 0. The lowest BCUT2D eigenvalue weighted by Gasteiger charge is -2.17. The van der Waals surface area contributed by atoms with Gasteiger partial charge >= 0.3 is 0 Å². The third-order valence-corrected chi connectivity index (χ3v) is 3.24. The topological polar surface area (TPSA) is 84.6 Å². The lowest BCUT2D eigenvalue weighted by molar-refractivity contribution is -0.122. The number of nitrogens with two attached hydrogens (primary N) is 1. The quantitative estimate of drug-likeness (QED) is 0.477. The van der Waals surface area contributed by atoms with Gasteiger partial charge in [0.2, 0.25) is 5.91 Å². The van der Waals surface area contributed by atoms with E-state index in [9.17, 15) is 9.90 Å². The Labute approximate surface area is 101 Å². The molecule has 4 N–H and O–H groups in total. The molecular formula is C10H20N2O3S. The summed E-state index contributed by atoms with van der Waals surface area (Å²) in [7, 11) is 0. The van der Waals surface area contributed by atoms with E-state index in [2.05, 4.69) is 17.9 Å². The molecule has 1 fully saturated rings. The second kappa shape index (κ2) is 6.44. The highest BCUT2D eigenvalue weighted by atomic mass is 32.1. The van der Waals surface area contributed by atoms with Gasteiger partial charge in [-0.2, -0.15) is 12.6 Å². The van der Waals surface area contributed by atoms with E-state index in [-0.39, 0.29) is 30.5 Å². The molecule has 0 aliphatic carbocycles. The van der Waals surface area contributed by atoms with Crippen LogP contribution in [0.4, 0.5) is 0 Å². The number of ether oxygens (including phenoxy) is 1. The third kappa shape index (κ3) is 3.35. The largest absolute Gasteiger partial charge is 0.390 e. The Morgan fingerprint density at radius 3 is 2.81 bits per heavy atom. The minimum absolute atomic E-state index is 0.0928. The molecule has 94 valence electrons. The normalized spacial score (nSPS) is 34.0. The molecule has 1 saturated heterocycles. The molecule has 0 radical (unpaired) electrons. The molecule has 1 aliphatic heterocycles. The summed E-state index contributed by atoms with van der Waals surface area (Å²) in [5.74, 6) is 0.214. The summed E-state index contributed by atoms with van der Waals surface area (Å²) < 4.78 is 5.51. The van der Waals surface area contributed by atoms with Crippen LogP contribution in [0.5, 0.6) is 0 Å². The molecule has 0 spiro atoms. The molecule has 1 unspecified atom stereocenters. The molecule has 0 saturated carbocycles. The molecule has 1 aliphatic rings. The van der Waals surface area contributed by atoms with Crippen molar-refractivity contribution in [3.63, 3.8) is 0 Å². The Balaban J connectivity index is 2.44. The molecule has 1 amide bonds.